The van der Waals surface area contributed by atoms with Crippen LogP contribution in [0.1, 0.15) is 22.8 Å². The number of ketones is 1. The van der Waals surface area contributed by atoms with E-state index in [2.05, 4.69) is 5.16 Å². The highest BCUT2D eigenvalue weighted by Gasteiger charge is 2.56. The molecule has 2 aliphatic heterocycles. The van der Waals surface area contributed by atoms with Gasteiger partial charge in [-0.3, -0.25) is 14.4 Å². The number of benzene rings is 2. The summed E-state index contributed by atoms with van der Waals surface area (Å²) in [6.45, 7) is 1.45. The fourth-order valence-corrected chi connectivity index (χ4v) is 3.40. The Hall–Kier alpha value is -2.99. The molecule has 4 rings (SSSR count). The van der Waals surface area contributed by atoms with Gasteiger partial charge in [-0.05, 0) is 37.3 Å². The van der Waals surface area contributed by atoms with Crippen LogP contribution in [0, 0.1) is 5.92 Å². The molecule has 2 heterocycles. The maximum atomic E-state index is 12.9. The smallest absolute Gasteiger partial charge is 0.278 e. The largest absolute Gasteiger partial charge is 0.381 e. The molecule has 0 spiro atoms. The lowest BCUT2D eigenvalue weighted by molar-refractivity contribution is -0.126. The van der Waals surface area contributed by atoms with Crippen molar-refractivity contribution in [3.05, 3.63) is 64.7 Å². The zero-order valence-electron chi connectivity index (χ0n) is 13.7. The first-order valence-corrected chi connectivity index (χ1v) is 8.34. The van der Waals surface area contributed by atoms with Gasteiger partial charge in [0.1, 0.15) is 11.6 Å². The van der Waals surface area contributed by atoms with Gasteiger partial charge in [-0.1, -0.05) is 35.0 Å². The molecule has 1 saturated heterocycles. The molecule has 2 atom stereocenters. The molecule has 1 fully saturated rings. The number of carbonyl (C=O) groups is 3. The molecule has 2 aliphatic rings. The number of amides is 2. The monoisotopic (exact) mass is 368 g/mol. The lowest BCUT2D eigenvalue weighted by Crippen LogP contribution is -2.33. The third-order valence-corrected chi connectivity index (χ3v) is 4.82. The third kappa shape index (κ3) is 2.42. The molecule has 0 N–H and O–H groups in total. The van der Waals surface area contributed by atoms with Crippen LogP contribution in [0.2, 0.25) is 5.02 Å². The van der Waals surface area contributed by atoms with Gasteiger partial charge in [0, 0.05) is 16.1 Å². The topological polar surface area (TPSA) is 76.0 Å². The Morgan fingerprint density at radius 2 is 1.77 bits per heavy atom. The second-order valence-electron chi connectivity index (χ2n) is 6.08. The quantitative estimate of drug-likeness (QED) is 0.616. The average molecular weight is 369 g/mol. The van der Waals surface area contributed by atoms with Crippen LogP contribution in [-0.2, 0) is 14.4 Å². The molecular formula is C19H13ClN2O4. The second-order valence-corrected chi connectivity index (χ2v) is 6.48. The van der Waals surface area contributed by atoms with E-state index in [0.717, 1.165) is 4.90 Å². The number of nitrogens with zero attached hydrogens (tertiary/aromatic N) is 2. The lowest BCUT2D eigenvalue weighted by atomic mass is 9.94. The molecule has 2 aromatic carbocycles. The van der Waals surface area contributed by atoms with E-state index in [4.69, 9.17) is 16.4 Å². The van der Waals surface area contributed by atoms with Crippen molar-refractivity contribution in [1.82, 2.24) is 0 Å². The van der Waals surface area contributed by atoms with Crippen LogP contribution in [-0.4, -0.2) is 29.4 Å². The van der Waals surface area contributed by atoms with E-state index in [1.165, 1.54) is 6.92 Å². The Morgan fingerprint density at radius 1 is 1.08 bits per heavy atom. The van der Waals surface area contributed by atoms with Crippen molar-refractivity contribution in [2.45, 2.75) is 13.0 Å². The standard InChI is InChI=1S/C19H13ClN2O4/c1-10(23)11-6-8-12(9-7-11)22-18(24)15-16(21-26-17(15)19(22)25)13-4-2-3-5-14(13)20/h2-9,15,17H,1H3/t15-,17-/m1/s1. The molecule has 0 aliphatic carbocycles. The van der Waals surface area contributed by atoms with Crippen LogP contribution >= 0.6 is 11.6 Å². The summed E-state index contributed by atoms with van der Waals surface area (Å²) in [6, 6.07) is 13.3. The number of Topliss-reactive ketones (excluding diaryl/α,β-unsaturated/α-hetero) is 1. The molecule has 0 unspecified atom stereocenters. The Balaban J connectivity index is 1.69. The molecular weight excluding hydrogens is 356 g/mol. The molecule has 0 bridgehead atoms. The van der Waals surface area contributed by atoms with Crippen molar-refractivity contribution < 1.29 is 19.2 Å². The van der Waals surface area contributed by atoms with Crippen LogP contribution in [0.4, 0.5) is 5.69 Å². The number of hydrogen-bond donors (Lipinski definition) is 0. The van der Waals surface area contributed by atoms with Crippen molar-refractivity contribution in [3.8, 4) is 0 Å². The van der Waals surface area contributed by atoms with Crippen molar-refractivity contribution in [3.63, 3.8) is 0 Å². The van der Waals surface area contributed by atoms with E-state index in [1.807, 2.05) is 0 Å². The summed E-state index contributed by atoms with van der Waals surface area (Å²) >= 11 is 6.20. The Morgan fingerprint density at radius 3 is 2.42 bits per heavy atom. The predicted molar refractivity (Wildman–Crippen MR) is 95.3 cm³/mol. The molecule has 0 aromatic heterocycles. The fraction of sp³-hybridized carbons (Fsp3) is 0.158. The second kappa shape index (κ2) is 6.07. The van der Waals surface area contributed by atoms with Crippen molar-refractivity contribution in [1.29, 1.82) is 0 Å². The van der Waals surface area contributed by atoms with Gasteiger partial charge in [0.05, 0.1) is 5.69 Å². The van der Waals surface area contributed by atoms with E-state index in [0.29, 0.717) is 27.5 Å². The number of hydrogen-bond acceptors (Lipinski definition) is 5. The number of rotatable bonds is 3. The molecule has 6 nitrogen and oxygen atoms in total. The van der Waals surface area contributed by atoms with Crippen LogP contribution in [0.15, 0.2) is 53.7 Å². The van der Waals surface area contributed by atoms with Gasteiger partial charge in [-0.15, -0.1) is 0 Å². The van der Waals surface area contributed by atoms with Crippen molar-refractivity contribution >= 4 is 40.6 Å². The number of fused-ring (bicyclic) bond motifs is 1. The van der Waals surface area contributed by atoms with Gasteiger partial charge in [-0.25, -0.2) is 4.90 Å². The summed E-state index contributed by atoms with van der Waals surface area (Å²) in [4.78, 5) is 43.4. The molecule has 2 aromatic rings. The van der Waals surface area contributed by atoms with Crippen LogP contribution in [0.3, 0.4) is 0 Å². The van der Waals surface area contributed by atoms with E-state index >= 15 is 0 Å². The third-order valence-electron chi connectivity index (χ3n) is 4.49. The van der Waals surface area contributed by atoms with Crippen LogP contribution < -0.4 is 4.90 Å². The summed E-state index contributed by atoms with van der Waals surface area (Å²) in [5, 5.41) is 4.37. The first-order chi connectivity index (χ1) is 12.5. The molecule has 130 valence electrons. The van der Waals surface area contributed by atoms with Gasteiger partial charge >= 0.3 is 0 Å². The minimum atomic E-state index is -0.999. The van der Waals surface area contributed by atoms with Crippen molar-refractivity contribution in [2.75, 3.05) is 4.90 Å². The van der Waals surface area contributed by atoms with E-state index < -0.39 is 23.8 Å². The van der Waals surface area contributed by atoms with Crippen LogP contribution in [0.25, 0.3) is 0 Å². The van der Waals surface area contributed by atoms with E-state index in [1.54, 1.807) is 48.5 Å². The van der Waals surface area contributed by atoms with Crippen LogP contribution in [0.5, 0.6) is 0 Å². The summed E-state index contributed by atoms with van der Waals surface area (Å²) in [5.74, 6) is -1.84. The number of anilines is 1. The Bertz CT molecular complexity index is 968. The van der Waals surface area contributed by atoms with Gasteiger partial charge in [-0.2, -0.15) is 0 Å². The van der Waals surface area contributed by atoms with Gasteiger partial charge in [0.25, 0.3) is 5.91 Å². The molecule has 0 radical (unpaired) electrons. The highest BCUT2D eigenvalue weighted by Crippen LogP contribution is 2.36. The molecule has 26 heavy (non-hydrogen) atoms. The Kier molecular flexibility index (Phi) is 3.85. The number of imide groups is 1. The maximum absolute atomic E-state index is 12.9. The molecule has 0 saturated carbocycles. The maximum Gasteiger partial charge on any atom is 0.278 e. The summed E-state index contributed by atoms with van der Waals surface area (Å²) in [6.07, 6.45) is -0.999. The summed E-state index contributed by atoms with van der Waals surface area (Å²) in [5.41, 5.74) is 1.81. The first-order valence-electron chi connectivity index (χ1n) is 7.96. The van der Waals surface area contributed by atoms with E-state index in [9.17, 15) is 14.4 Å². The number of carbonyl (C=O) groups excluding carboxylic acids is 3. The normalized spacial score (nSPS) is 21.5. The zero-order chi connectivity index (χ0) is 18.4. The Labute approximate surface area is 154 Å². The van der Waals surface area contributed by atoms with Gasteiger partial charge < -0.3 is 4.84 Å². The van der Waals surface area contributed by atoms with Crippen molar-refractivity contribution in [2.24, 2.45) is 11.1 Å². The lowest BCUT2D eigenvalue weighted by Gasteiger charge is -2.15. The van der Waals surface area contributed by atoms with Gasteiger partial charge in [0.2, 0.25) is 12.0 Å². The zero-order valence-corrected chi connectivity index (χ0v) is 14.4. The average Bonchev–Trinajstić information content (AvgIpc) is 3.16. The summed E-state index contributed by atoms with van der Waals surface area (Å²) < 4.78 is 0. The summed E-state index contributed by atoms with van der Waals surface area (Å²) in [7, 11) is 0. The SMILES string of the molecule is CC(=O)c1ccc(N2C(=O)[C@@H]3C(c4ccccc4Cl)=NO[C@H]3C2=O)cc1. The highest BCUT2D eigenvalue weighted by atomic mass is 35.5. The predicted octanol–water partition coefficient (Wildman–Crippen LogP) is 2.84. The number of halogens is 1. The fourth-order valence-electron chi connectivity index (χ4n) is 3.17. The number of oxime groups is 1. The minimum absolute atomic E-state index is 0.0935. The first kappa shape index (κ1) is 16.5. The highest BCUT2D eigenvalue weighted by molar-refractivity contribution is 6.38. The van der Waals surface area contributed by atoms with Gasteiger partial charge in [0.15, 0.2) is 5.78 Å². The van der Waals surface area contributed by atoms with E-state index in [-0.39, 0.29) is 5.78 Å². The minimum Gasteiger partial charge on any atom is -0.381 e. The molecule has 7 heteroatoms. The molecule has 2 amide bonds.